The molecule has 0 saturated carbocycles. The van der Waals surface area contributed by atoms with Crippen molar-refractivity contribution in [3.05, 3.63) is 42.0 Å². The van der Waals surface area contributed by atoms with E-state index in [1.165, 1.54) is 0 Å². The van der Waals surface area contributed by atoms with Gasteiger partial charge in [-0.15, -0.1) is 0 Å². The average Bonchev–Trinajstić information content (AvgIpc) is 2.39. The third-order valence-electron chi connectivity index (χ3n) is 3.22. The summed E-state index contributed by atoms with van der Waals surface area (Å²) in [6, 6.07) is 11.3. The van der Waals surface area contributed by atoms with Crippen LogP contribution < -0.4 is 4.90 Å². The SMILES string of the molecule is CCN(CC)c1ccc2c(C(=O)O)cccc2c1. The minimum Gasteiger partial charge on any atom is -0.478 e. The van der Waals surface area contributed by atoms with Gasteiger partial charge in [-0.25, -0.2) is 4.79 Å². The maximum atomic E-state index is 11.1. The summed E-state index contributed by atoms with van der Waals surface area (Å²) in [5.41, 5.74) is 1.49. The van der Waals surface area contributed by atoms with Crippen LogP contribution in [0, 0.1) is 0 Å². The maximum absolute atomic E-state index is 11.1. The molecular weight excluding hydrogens is 226 g/mol. The Bertz CT molecular complexity index is 574. The van der Waals surface area contributed by atoms with E-state index in [9.17, 15) is 4.79 Å². The van der Waals surface area contributed by atoms with Gasteiger partial charge in [0.1, 0.15) is 0 Å². The van der Waals surface area contributed by atoms with Gasteiger partial charge in [0.25, 0.3) is 0 Å². The van der Waals surface area contributed by atoms with Crippen molar-refractivity contribution < 1.29 is 9.90 Å². The van der Waals surface area contributed by atoms with E-state index in [1.54, 1.807) is 12.1 Å². The fraction of sp³-hybridized carbons (Fsp3) is 0.267. The van der Waals surface area contributed by atoms with Crippen LogP contribution in [0.25, 0.3) is 10.8 Å². The van der Waals surface area contributed by atoms with Crippen LogP contribution >= 0.6 is 0 Å². The molecule has 0 spiro atoms. The molecule has 0 amide bonds. The zero-order valence-corrected chi connectivity index (χ0v) is 10.7. The fourth-order valence-electron chi connectivity index (χ4n) is 2.24. The predicted octanol–water partition coefficient (Wildman–Crippen LogP) is 3.38. The van der Waals surface area contributed by atoms with Crippen molar-refractivity contribution in [2.24, 2.45) is 0 Å². The highest BCUT2D eigenvalue weighted by Crippen LogP contribution is 2.24. The zero-order chi connectivity index (χ0) is 13.1. The standard InChI is InChI=1S/C15H17NO2/c1-3-16(4-2)12-8-9-13-11(10-12)6-5-7-14(13)15(17)18/h5-10H,3-4H2,1-2H3,(H,17,18). The van der Waals surface area contributed by atoms with E-state index < -0.39 is 5.97 Å². The van der Waals surface area contributed by atoms with Crippen LogP contribution in [0.5, 0.6) is 0 Å². The molecule has 0 aliphatic heterocycles. The van der Waals surface area contributed by atoms with Gasteiger partial charge < -0.3 is 10.0 Å². The first-order chi connectivity index (χ1) is 8.67. The number of rotatable bonds is 4. The molecule has 0 atom stereocenters. The largest absolute Gasteiger partial charge is 0.478 e. The van der Waals surface area contributed by atoms with Crippen molar-refractivity contribution in [1.29, 1.82) is 0 Å². The first-order valence-corrected chi connectivity index (χ1v) is 6.18. The number of carbonyl (C=O) groups is 1. The molecule has 1 N–H and O–H groups in total. The molecule has 0 aromatic heterocycles. The minimum atomic E-state index is -0.879. The Kier molecular flexibility index (Phi) is 3.51. The number of anilines is 1. The van der Waals surface area contributed by atoms with Crippen molar-refractivity contribution in [3.8, 4) is 0 Å². The van der Waals surface area contributed by atoms with Crippen LogP contribution in [-0.4, -0.2) is 24.2 Å². The van der Waals surface area contributed by atoms with Crippen molar-refractivity contribution >= 4 is 22.4 Å². The van der Waals surface area contributed by atoms with Crippen LogP contribution in [0.15, 0.2) is 36.4 Å². The van der Waals surface area contributed by atoms with Crippen LogP contribution in [-0.2, 0) is 0 Å². The number of hydrogen-bond donors (Lipinski definition) is 1. The smallest absolute Gasteiger partial charge is 0.336 e. The number of aromatic carboxylic acids is 1. The van der Waals surface area contributed by atoms with Crippen molar-refractivity contribution in [2.75, 3.05) is 18.0 Å². The quantitative estimate of drug-likeness (QED) is 0.894. The molecule has 2 aromatic rings. The summed E-state index contributed by atoms with van der Waals surface area (Å²) in [6.07, 6.45) is 0. The van der Waals surface area contributed by atoms with E-state index in [2.05, 4.69) is 24.8 Å². The van der Waals surface area contributed by atoms with Gasteiger partial charge in [-0.3, -0.25) is 0 Å². The Balaban J connectivity index is 2.56. The van der Waals surface area contributed by atoms with Gasteiger partial charge >= 0.3 is 5.97 Å². The topological polar surface area (TPSA) is 40.5 Å². The Morgan fingerprint density at radius 3 is 2.50 bits per heavy atom. The van der Waals surface area contributed by atoms with Crippen LogP contribution in [0.2, 0.25) is 0 Å². The molecule has 3 heteroatoms. The van der Waals surface area contributed by atoms with Gasteiger partial charge in [-0.1, -0.05) is 18.2 Å². The number of nitrogens with zero attached hydrogens (tertiary/aromatic N) is 1. The highest BCUT2D eigenvalue weighted by Gasteiger charge is 2.09. The van der Waals surface area contributed by atoms with E-state index in [0.717, 1.165) is 29.5 Å². The third kappa shape index (κ3) is 2.16. The van der Waals surface area contributed by atoms with Gasteiger partial charge in [0.2, 0.25) is 0 Å². The van der Waals surface area contributed by atoms with Crippen LogP contribution in [0.3, 0.4) is 0 Å². The molecule has 94 valence electrons. The molecule has 2 rings (SSSR count). The average molecular weight is 243 g/mol. The Morgan fingerprint density at radius 2 is 1.89 bits per heavy atom. The van der Waals surface area contributed by atoms with E-state index in [-0.39, 0.29) is 0 Å². The third-order valence-corrected chi connectivity index (χ3v) is 3.22. The van der Waals surface area contributed by atoms with Crippen molar-refractivity contribution in [1.82, 2.24) is 0 Å². The highest BCUT2D eigenvalue weighted by molar-refractivity contribution is 6.04. The molecule has 0 fully saturated rings. The second-order valence-electron chi connectivity index (χ2n) is 4.19. The number of hydrogen-bond acceptors (Lipinski definition) is 2. The summed E-state index contributed by atoms with van der Waals surface area (Å²) in [6.45, 7) is 6.12. The lowest BCUT2D eigenvalue weighted by Crippen LogP contribution is -2.21. The molecule has 0 heterocycles. The van der Waals surface area contributed by atoms with Crippen LogP contribution in [0.1, 0.15) is 24.2 Å². The van der Waals surface area contributed by atoms with E-state index in [0.29, 0.717) is 5.56 Å². The molecule has 0 radical (unpaired) electrons. The number of benzene rings is 2. The zero-order valence-electron chi connectivity index (χ0n) is 10.7. The first kappa shape index (κ1) is 12.4. The monoisotopic (exact) mass is 243 g/mol. The maximum Gasteiger partial charge on any atom is 0.336 e. The molecule has 0 bridgehead atoms. The Labute approximate surface area is 107 Å². The number of carboxylic acid groups (broad SMARTS) is 1. The number of carboxylic acids is 1. The molecule has 0 unspecified atom stereocenters. The lowest BCUT2D eigenvalue weighted by Gasteiger charge is -2.21. The van der Waals surface area contributed by atoms with Gasteiger partial charge in [-0.05, 0) is 42.8 Å². The van der Waals surface area contributed by atoms with Gasteiger partial charge in [0.15, 0.2) is 0 Å². The summed E-state index contributed by atoms with van der Waals surface area (Å²) < 4.78 is 0. The van der Waals surface area contributed by atoms with E-state index in [4.69, 9.17) is 5.11 Å². The molecule has 0 aliphatic carbocycles. The minimum absolute atomic E-state index is 0.360. The van der Waals surface area contributed by atoms with E-state index >= 15 is 0 Å². The lowest BCUT2D eigenvalue weighted by atomic mass is 10.0. The van der Waals surface area contributed by atoms with Gasteiger partial charge in [0, 0.05) is 18.8 Å². The molecule has 0 aliphatic rings. The molecule has 0 saturated heterocycles. The lowest BCUT2D eigenvalue weighted by molar-refractivity contribution is 0.0699. The molecule has 2 aromatic carbocycles. The summed E-state index contributed by atoms with van der Waals surface area (Å²) >= 11 is 0. The summed E-state index contributed by atoms with van der Waals surface area (Å²) in [5, 5.41) is 10.9. The van der Waals surface area contributed by atoms with Crippen molar-refractivity contribution in [2.45, 2.75) is 13.8 Å². The fourth-order valence-corrected chi connectivity index (χ4v) is 2.24. The highest BCUT2D eigenvalue weighted by atomic mass is 16.4. The summed E-state index contributed by atoms with van der Waals surface area (Å²) in [5.74, 6) is -0.879. The van der Waals surface area contributed by atoms with Crippen molar-refractivity contribution in [3.63, 3.8) is 0 Å². The second kappa shape index (κ2) is 5.08. The molecular formula is C15H17NO2. The summed E-state index contributed by atoms with van der Waals surface area (Å²) in [7, 11) is 0. The van der Waals surface area contributed by atoms with E-state index in [1.807, 2.05) is 18.2 Å². The number of fused-ring (bicyclic) bond motifs is 1. The van der Waals surface area contributed by atoms with Gasteiger partial charge in [-0.2, -0.15) is 0 Å². The molecule has 3 nitrogen and oxygen atoms in total. The van der Waals surface area contributed by atoms with Crippen LogP contribution in [0.4, 0.5) is 5.69 Å². The first-order valence-electron chi connectivity index (χ1n) is 6.18. The summed E-state index contributed by atoms with van der Waals surface area (Å²) in [4.78, 5) is 13.4. The van der Waals surface area contributed by atoms with Gasteiger partial charge in [0.05, 0.1) is 5.56 Å². The predicted molar refractivity (Wildman–Crippen MR) is 74.5 cm³/mol. The molecule has 18 heavy (non-hydrogen) atoms. The second-order valence-corrected chi connectivity index (χ2v) is 4.19. The Morgan fingerprint density at radius 1 is 1.17 bits per heavy atom. The Hall–Kier alpha value is -2.03. The normalized spacial score (nSPS) is 10.6.